The number of hydrogen-bond acceptors (Lipinski definition) is 8. The Kier molecular flexibility index (Phi) is 10.7. The molecule has 2 N–H and O–H groups in total. The Morgan fingerprint density at radius 1 is 0.958 bits per heavy atom. The Morgan fingerprint density at radius 2 is 1.52 bits per heavy atom. The second kappa shape index (κ2) is 14.1. The summed E-state index contributed by atoms with van der Waals surface area (Å²) in [5.74, 6) is 0.478. The van der Waals surface area contributed by atoms with Gasteiger partial charge in [0.05, 0.1) is 34.8 Å². The summed E-state index contributed by atoms with van der Waals surface area (Å²) >= 11 is 19.2. The van der Waals surface area contributed by atoms with Crippen molar-refractivity contribution in [3.05, 3.63) is 92.4 Å². The average Bonchev–Trinajstić information content (AvgIpc) is 3.29. The predicted octanol–water partition coefficient (Wildman–Crippen LogP) is 5.43. The molecule has 3 atom stereocenters. The Labute approximate surface area is 296 Å². The van der Waals surface area contributed by atoms with Gasteiger partial charge >= 0.3 is 6.03 Å². The Bertz CT molecular complexity index is 1800. The van der Waals surface area contributed by atoms with E-state index in [1.165, 1.54) is 12.1 Å². The number of benzene rings is 3. The van der Waals surface area contributed by atoms with Crippen LogP contribution >= 0.6 is 34.8 Å². The molecule has 10 nitrogen and oxygen atoms in total. The number of aliphatic hydroxyl groups excluding tert-OH is 2. The second-order valence-electron chi connectivity index (χ2n) is 12.3. The van der Waals surface area contributed by atoms with Gasteiger partial charge in [-0.05, 0) is 62.2 Å². The van der Waals surface area contributed by atoms with Crippen molar-refractivity contribution in [2.75, 3.05) is 52.2 Å². The largest absolute Gasteiger partial charge is 0.493 e. The molecule has 1 fully saturated rings. The summed E-state index contributed by atoms with van der Waals surface area (Å²) in [4.78, 5) is 25.6. The predicted molar refractivity (Wildman–Crippen MR) is 188 cm³/mol. The van der Waals surface area contributed by atoms with Gasteiger partial charge in [-0.25, -0.2) is 13.2 Å². The molecule has 3 aromatic carbocycles. The Balaban J connectivity index is 1.76. The van der Waals surface area contributed by atoms with Gasteiger partial charge in [-0.15, -0.1) is 0 Å². The number of ether oxygens (including phenoxy) is 1. The van der Waals surface area contributed by atoms with E-state index in [4.69, 9.17) is 44.5 Å². The van der Waals surface area contributed by atoms with Gasteiger partial charge in [0, 0.05) is 55.1 Å². The third-order valence-corrected chi connectivity index (χ3v) is 11.3. The number of amidine groups is 1. The van der Waals surface area contributed by atoms with E-state index in [9.17, 15) is 18.6 Å². The van der Waals surface area contributed by atoms with Crippen LogP contribution in [0.15, 0.2) is 70.6 Å². The highest BCUT2D eigenvalue weighted by molar-refractivity contribution is 7.90. The molecule has 0 saturated carbocycles. The molecular weight excluding hydrogens is 699 g/mol. The number of β-amino-alcohol motifs (C(OH)–C–C–N with tert-alkyl or cyclic N) is 1. The number of hydrogen-bond donors (Lipinski definition) is 2. The molecule has 14 heteroatoms. The minimum absolute atomic E-state index is 0.0108. The lowest BCUT2D eigenvalue weighted by Crippen LogP contribution is -2.61. The van der Waals surface area contributed by atoms with E-state index in [-0.39, 0.29) is 52.9 Å². The summed E-state index contributed by atoms with van der Waals surface area (Å²) in [5, 5.41) is 20.4. The number of aliphatic imine (C=N–C) groups is 1. The van der Waals surface area contributed by atoms with Crippen LogP contribution in [-0.4, -0.2) is 103 Å². The number of halogens is 3. The summed E-state index contributed by atoms with van der Waals surface area (Å²) in [6.07, 6.45) is 0.185. The maximum absolute atomic E-state index is 15.0. The highest BCUT2D eigenvalue weighted by Gasteiger charge is 2.60. The monoisotopic (exact) mass is 736 g/mol. The van der Waals surface area contributed by atoms with E-state index in [0.29, 0.717) is 36.2 Å². The molecule has 2 amide bonds. The molecule has 2 aliphatic heterocycles. The Morgan fingerprint density at radius 3 is 2.04 bits per heavy atom. The third kappa shape index (κ3) is 6.79. The summed E-state index contributed by atoms with van der Waals surface area (Å²) in [7, 11) is -3.79. The van der Waals surface area contributed by atoms with Gasteiger partial charge < -0.3 is 19.8 Å². The van der Waals surface area contributed by atoms with Crippen LogP contribution in [0.4, 0.5) is 4.79 Å². The third-order valence-electron chi connectivity index (χ3n) is 9.24. The first-order valence-electron chi connectivity index (χ1n) is 15.5. The highest BCUT2D eigenvalue weighted by atomic mass is 35.5. The topological polar surface area (TPSA) is 123 Å². The van der Waals surface area contributed by atoms with Crippen molar-refractivity contribution < 1.29 is 28.2 Å². The van der Waals surface area contributed by atoms with Gasteiger partial charge in [-0.3, -0.25) is 14.8 Å². The molecule has 3 aromatic rings. The normalized spacial score (nSPS) is 22.5. The van der Waals surface area contributed by atoms with Crippen molar-refractivity contribution in [2.24, 2.45) is 4.99 Å². The number of rotatable bonds is 9. The summed E-state index contributed by atoms with van der Waals surface area (Å²) < 4.78 is 31.9. The first-order chi connectivity index (χ1) is 22.6. The molecular formula is C34H39Cl3N4O6S. The van der Waals surface area contributed by atoms with Crippen LogP contribution in [-0.2, 0) is 20.9 Å². The number of aliphatic hydroxyl groups is 2. The van der Waals surface area contributed by atoms with Gasteiger partial charge in [0.1, 0.15) is 22.7 Å². The molecule has 2 aliphatic rings. The average molecular weight is 738 g/mol. The van der Waals surface area contributed by atoms with Crippen LogP contribution in [0, 0.1) is 0 Å². The molecule has 0 spiro atoms. The molecule has 3 unspecified atom stereocenters. The van der Waals surface area contributed by atoms with Crippen LogP contribution in [0.1, 0.15) is 37.5 Å². The van der Waals surface area contributed by atoms with Crippen molar-refractivity contribution in [1.82, 2.24) is 14.7 Å². The number of piperazine rings is 1. The molecule has 0 bridgehead atoms. The molecule has 0 radical (unpaired) electrons. The second-order valence-corrected chi connectivity index (χ2v) is 15.6. The van der Waals surface area contributed by atoms with Gasteiger partial charge in [0.2, 0.25) is 0 Å². The van der Waals surface area contributed by atoms with Gasteiger partial charge in [-0.1, -0.05) is 59.1 Å². The van der Waals surface area contributed by atoms with Crippen molar-refractivity contribution >= 4 is 56.5 Å². The zero-order valence-corrected chi connectivity index (χ0v) is 30.2. The van der Waals surface area contributed by atoms with Gasteiger partial charge in [-0.2, -0.15) is 0 Å². The molecule has 258 valence electrons. The molecule has 48 heavy (non-hydrogen) atoms. The molecule has 1 saturated heterocycles. The lowest BCUT2D eigenvalue weighted by molar-refractivity contribution is 0.0390. The SMILES string of the molecule is CCOc1cc(Cl)c(S(C)(=O)=O)cc1C1=NC(C)(c2ccc(Cl)cc2)C(C)(c2ccc(Cl)cc2)N1C(=O)N1CCN(CC(O)CO)CC1. The minimum Gasteiger partial charge on any atom is -0.493 e. The lowest BCUT2D eigenvalue weighted by Gasteiger charge is -2.47. The Hall–Kier alpha value is -2.90. The van der Waals surface area contributed by atoms with E-state index < -0.39 is 27.0 Å². The number of nitrogens with zero attached hydrogens (tertiary/aromatic N) is 4. The molecule has 2 heterocycles. The van der Waals surface area contributed by atoms with Gasteiger partial charge in [0.25, 0.3) is 0 Å². The highest BCUT2D eigenvalue weighted by Crippen LogP contribution is 2.54. The first-order valence-corrected chi connectivity index (χ1v) is 18.6. The van der Waals surface area contributed by atoms with E-state index in [0.717, 1.165) is 17.4 Å². The molecule has 0 aromatic heterocycles. The number of urea groups is 1. The van der Waals surface area contributed by atoms with Crippen LogP contribution in [0.2, 0.25) is 15.1 Å². The van der Waals surface area contributed by atoms with E-state index in [2.05, 4.69) is 0 Å². The quantitative estimate of drug-likeness (QED) is 0.300. The van der Waals surface area contributed by atoms with Crippen LogP contribution in [0.5, 0.6) is 5.75 Å². The van der Waals surface area contributed by atoms with Crippen molar-refractivity contribution in [1.29, 1.82) is 0 Å². The maximum Gasteiger partial charge on any atom is 0.326 e. The zero-order valence-electron chi connectivity index (χ0n) is 27.2. The fourth-order valence-corrected chi connectivity index (χ4v) is 8.03. The number of carbonyl (C=O) groups excluding carboxylic acids is 1. The van der Waals surface area contributed by atoms with Crippen molar-refractivity contribution in [2.45, 2.75) is 42.8 Å². The standard InChI is InChI=1S/C34H39Cl3N4O6S/c1-5-47-29-19-28(37)30(48(4,45)46)18-27(29)31-38-33(2,22-6-10-24(35)11-7-22)34(3,23-8-12-25(36)13-9-23)41(31)32(44)40-16-14-39(15-17-40)20-26(43)21-42/h6-13,18-19,26,42-43H,5,14-17,20-21H2,1-4H3. The minimum atomic E-state index is -3.79. The fourth-order valence-electron chi connectivity index (χ4n) is 6.46. The fraction of sp³-hybridized carbons (Fsp3) is 0.412. The van der Waals surface area contributed by atoms with Crippen LogP contribution in [0.3, 0.4) is 0 Å². The van der Waals surface area contributed by atoms with E-state index >= 15 is 4.79 Å². The molecule has 5 rings (SSSR count). The van der Waals surface area contributed by atoms with Crippen molar-refractivity contribution in [3.8, 4) is 5.75 Å². The smallest absolute Gasteiger partial charge is 0.326 e. The van der Waals surface area contributed by atoms with Crippen molar-refractivity contribution in [3.63, 3.8) is 0 Å². The maximum atomic E-state index is 15.0. The summed E-state index contributed by atoms with van der Waals surface area (Å²) in [5.41, 5.74) is -0.557. The number of amides is 2. The lowest BCUT2D eigenvalue weighted by atomic mass is 9.71. The summed E-state index contributed by atoms with van der Waals surface area (Å²) in [6.45, 7) is 7.44. The first kappa shape index (κ1) is 36.4. The summed E-state index contributed by atoms with van der Waals surface area (Å²) in [6, 6.07) is 17.0. The van der Waals surface area contributed by atoms with Crippen LogP contribution < -0.4 is 4.74 Å². The van der Waals surface area contributed by atoms with Gasteiger partial charge in [0.15, 0.2) is 9.84 Å². The van der Waals surface area contributed by atoms with E-state index in [1.54, 1.807) is 41.0 Å². The molecule has 0 aliphatic carbocycles. The van der Waals surface area contributed by atoms with E-state index in [1.807, 2.05) is 43.0 Å². The number of carbonyl (C=O) groups is 1. The zero-order chi connectivity index (χ0) is 35.0. The number of sulfone groups is 1. The van der Waals surface area contributed by atoms with Crippen LogP contribution in [0.25, 0.3) is 0 Å².